The van der Waals surface area contributed by atoms with Crippen LogP contribution >= 0.6 is 0 Å². The second kappa shape index (κ2) is 7.68. The van der Waals surface area contributed by atoms with Gasteiger partial charge in [-0.25, -0.2) is 0 Å². The fourth-order valence-electron chi connectivity index (χ4n) is 2.38. The average molecular weight is 413 g/mol. The van der Waals surface area contributed by atoms with Crippen molar-refractivity contribution in [3.8, 4) is 5.69 Å². The first kappa shape index (κ1) is 18.1. The number of carbonyl (C=O) groups excluding carboxylic acids is 1. The third-order valence-electron chi connectivity index (χ3n) is 3.80. The number of benzene rings is 2. The molecular weight excluding hydrogens is 395 g/mol. The molecular formula is C20H18N2O3Se. The zero-order valence-corrected chi connectivity index (χ0v) is 16.4. The summed E-state index contributed by atoms with van der Waals surface area (Å²) in [5.41, 5.74) is 3.40. The molecule has 0 unspecified atom stereocenters. The molecule has 0 aliphatic carbocycles. The van der Waals surface area contributed by atoms with Gasteiger partial charge in [-0.05, 0) is 0 Å². The number of hydrogen-bond donors (Lipinski definition) is 0. The summed E-state index contributed by atoms with van der Waals surface area (Å²) in [6.45, 7) is 3.99. The van der Waals surface area contributed by atoms with Crippen LogP contribution in [0.5, 0.6) is 0 Å². The van der Waals surface area contributed by atoms with Gasteiger partial charge in [0.25, 0.3) is 0 Å². The number of ether oxygens (including phenoxy) is 1. The van der Waals surface area contributed by atoms with Gasteiger partial charge >= 0.3 is 157 Å². The van der Waals surface area contributed by atoms with Gasteiger partial charge in [-0.3, -0.25) is 0 Å². The van der Waals surface area contributed by atoms with Crippen molar-refractivity contribution in [3.05, 3.63) is 84.9 Å². The van der Waals surface area contributed by atoms with E-state index in [0.717, 1.165) is 22.5 Å². The van der Waals surface area contributed by atoms with Gasteiger partial charge in [0.15, 0.2) is 0 Å². The molecule has 0 fully saturated rings. The molecule has 132 valence electrons. The van der Waals surface area contributed by atoms with Gasteiger partial charge in [-0.15, -0.1) is 0 Å². The number of aryl methyl sites for hydroxylation is 2. The minimum absolute atomic E-state index is 0.298. The molecule has 0 N–H and O–H groups in total. The van der Waals surface area contributed by atoms with Crippen molar-refractivity contribution in [3.63, 3.8) is 0 Å². The van der Waals surface area contributed by atoms with Crippen molar-refractivity contribution in [2.24, 2.45) is 4.99 Å². The quantitative estimate of drug-likeness (QED) is 0.490. The summed E-state index contributed by atoms with van der Waals surface area (Å²) in [5.74, 6) is -0.487. The van der Waals surface area contributed by atoms with Crippen LogP contribution in [0.3, 0.4) is 0 Å². The first-order valence-corrected chi connectivity index (χ1v) is 9.73. The van der Waals surface area contributed by atoms with E-state index in [1.807, 2.05) is 62.4 Å². The van der Waals surface area contributed by atoms with Crippen LogP contribution in [0.25, 0.3) is 5.69 Å². The summed E-state index contributed by atoms with van der Waals surface area (Å²) in [7, 11) is 1.31. The van der Waals surface area contributed by atoms with Gasteiger partial charge in [-0.1, -0.05) is 0 Å². The second-order valence-electron chi connectivity index (χ2n) is 5.84. The Labute approximate surface area is 157 Å². The summed E-state index contributed by atoms with van der Waals surface area (Å²) in [5, 5.41) is 0. The predicted octanol–water partition coefficient (Wildman–Crippen LogP) is 2.53. The molecule has 1 aromatic heterocycles. The van der Waals surface area contributed by atoms with E-state index in [0.29, 0.717) is 8.80 Å². The number of rotatable bonds is 3. The Bertz CT molecular complexity index is 1060. The zero-order chi connectivity index (χ0) is 18.7. The summed E-state index contributed by atoms with van der Waals surface area (Å²) >= 11 is -0.448. The van der Waals surface area contributed by atoms with E-state index >= 15 is 0 Å². The van der Waals surface area contributed by atoms with Gasteiger partial charge in [-0.2, -0.15) is 0 Å². The van der Waals surface area contributed by atoms with E-state index < -0.39 is 20.5 Å². The Morgan fingerprint density at radius 3 is 2.15 bits per heavy atom. The molecule has 1 heterocycles. The summed E-state index contributed by atoms with van der Waals surface area (Å²) < 4.78 is 7.27. The van der Waals surface area contributed by atoms with E-state index in [1.54, 1.807) is 4.57 Å². The topological polar surface area (TPSA) is 60.7 Å². The molecule has 3 aromatic rings. The van der Waals surface area contributed by atoms with Crippen LogP contribution in [0.4, 0.5) is 5.69 Å². The molecule has 5 nitrogen and oxygen atoms in total. The molecule has 3 rings (SSSR count). The summed E-state index contributed by atoms with van der Waals surface area (Å²) in [6, 6.07) is 16.7. The summed E-state index contributed by atoms with van der Waals surface area (Å²) in [4.78, 5) is 29.3. The van der Waals surface area contributed by atoms with Crippen LogP contribution in [-0.4, -0.2) is 32.1 Å². The van der Waals surface area contributed by atoms with E-state index in [1.165, 1.54) is 13.2 Å². The molecule has 6 heteroatoms. The molecule has 0 atom stereocenters. The van der Waals surface area contributed by atoms with E-state index in [2.05, 4.69) is 4.99 Å². The van der Waals surface area contributed by atoms with Gasteiger partial charge in [0.05, 0.1) is 0 Å². The SMILES string of the molecule is COC(=O)c1cc(=O)n(-c2ccc(C)cc2)c(=Nc2ccc(C)cc2)[se]1. The first-order valence-electron chi connectivity index (χ1n) is 8.02. The Hall–Kier alpha value is -2.69. The van der Waals surface area contributed by atoms with Crippen molar-refractivity contribution < 1.29 is 9.53 Å². The van der Waals surface area contributed by atoms with Gasteiger partial charge in [0.1, 0.15) is 0 Å². The third kappa shape index (κ3) is 3.93. The average Bonchev–Trinajstić information content (AvgIpc) is 2.64. The van der Waals surface area contributed by atoms with Crippen LogP contribution in [0.1, 0.15) is 20.4 Å². The first-order chi connectivity index (χ1) is 12.5. The molecule has 0 aliphatic rings. The normalized spacial score (nSPS) is 11.4. The Balaban J connectivity index is 2.28. The van der Waals surface area contributed by atoms with Crippen LogP contribution in [0.15, 0.2) is 64.4 Å². The molecule has 0 saturated carbocycles. The van der Waals surface area contributed by atoms with Crippen LogP contribution < -0.4 is 9.92 Å². The van der Waals surface area contributed by atoms with Gasteiger partial charge < -0.3 is 0 Å². The molecule has 2 aromatic carbocycles. The monoisotopic (exact) mass is 414 g/mol. The van der Waals surface area contributed by atoms with Crippen LogP contribution in [0, 0.1) is 13.8 Å². The van der Waals surface area contributed by atoms with E-state index in [4.69, 9.17) is 4.74 Å². The van der Waals surface area contributed by atoms with Crippen molar-refractivity contribution in [1.82, 2.24) is 4.57 Å². The number of methoxy groups -OCH3 is 1. The Morgan fingerprint density at radius 1 is 1.00 bits per heavy atom. The molecule has 0 spiro atoms. The summed E-state index contributed by atoms with van der Waals surface area (Å²) in [6.07, 6.45) is 0. The van der Waals surface area contributed by atoms with Crippen LogP contribution in [-0.2, 0) is 4.74 Å². The fourth-order valence-corrected chi connectivity index (χ4v) is 4.40. The van der Waals surface area contributed by atoms with Crippen LogP contribution in [0.2, 0.25) is 0 Å². The number of carbonyl (C=O) groups is 1. The van der Waals surface area contributed by atoms with E-state index in [-0.39, 0.29) is 5.56 Å². The maximum absolute atomic E-state index is 12.7. The van der Waals surface area contributed by atoms with Crippen molar-refractivity contribution in [2.45, 2.75) is 13.8 Å². The Kier molecular flexibility index (Phi) is 5.35. The Morgan fingerprint density at radius 2 is 1.58 bits per heavy atom. The van der Waals surface area contributed by atoms with Gasteiger partial charge in [0, 0.05) is 0 Å². The van der Waals surface area contributed by atoms with Crippen molar-refractivity contribution in [2.75, 3.05) is 7.11 Å². The van der Waals surface area contributed by atoms with Crippen molar-refractivity contribution >= 4 is 26.2 Å². The molecule has 0 radical (unpaired) electrons. The van der Waals surface area contributed by atoms with Gasteiger partial charge in [0.2, 0.25) is 0 Å². The molecule has 0 amide bonds. The third-order valence-corrected chi connectivity index (χ3v) is 5.82. The minimum atomic E-state index is -0.487. The van der Waals surface area contributed by atoms with E-state index in [9.17, 15) is 9.59 Å². The van der Waals surface area contributed by atoms with Crippen molar-refractivity contribution in [1.29, 1.82) is 0 Å². The predicted molar refractivity (Wildman–Crippen MR) is 101 cm³/mol. The molecule has 26 heavy (non-hydrogen) atoms. The number of nitrogens with zero attached hydrogens (tertiary/aromatic N) is 2. The zero-order valence-electron chi connectivity index (χ0n) is 14.7. The fraction of sp³-hybridized carbons (Fsp3) is 0.150. The number of hydrogen-bond acceptors (Lipinski definition) is 4. The molecule has 0 aliphatic heterocycles. The standard InChI is InChI=1S/C20H18N2O3Se/c1-13-4-8-15(9-5-13)21-20-22(16-10-6-14(2)7-11-16)18(23)12-17(26-20)19(24)25-3/h4-12H,1-3H3. The number of aromatic nitrogens is 1. The molecule has 0 bridgehead atoms. The molecule has 0 saturated heterocycles. The second-order valence-corrected chi connectivity index (χ2v) is 7.96. The maximum atomic E-state index is 12.7. The number of esters is 1.